The van der Waals surface area contributed by atoms with Gasteiger partial charge in [0.05, 0.1) is 26.8 Å². The molecule has 2 aromatic rings. The van der Waals surface area contributed by atoms with Gasteiger partial charge in [0, 0.05) is 5.69 Å². The van der Waals surface area contributed by atoms with Crippen LogP contribution in [0.4, 0.5) is 5.69 Å². The monoisotopic (exact) mass is 317 g/mol. The van der Waals surface area contributed by atoms with Crippen LogP contribution in [0.2, 0.25) is 0 Å². The Morgan fingerprint density at radius 2 is 1.61 bits per heavy atom. The van der Waals surface area contributed by atoms with Crippen molar-refractivity contribution >= 4 is 5.69 Å². The molecular formula is C17H23N3O3. The number of aromatic nitrogens is 2. The maximum absolute atomic E-state index is 5.94. The van der Waals surface area contributed by atoms with Crippen LogP contribution in [-0.2, 0) is 0 Å². The summed E-state index contributed by atoms with van der Waals surface area (Å²) in [5.74, 6) is 1.10. The fourth-order valence-electron chi connectivity index (χ4n) is 1.97. The van der Waals surface area contributed by atoms with E-state index in [4.69, 9.17) is 14.2 Å². The minimum atomic E-state index is -0.0907. The van der Waals surface area contributed by atoms with Gasteiger partial charge in [-0.3, -0.25) is 0 Å². The van der Waals surface area contributed by atoms with E-state index in [2.05, 4.69) is 29.1 Å². The van der Waals surface area contributed by atoms with Crippen molar-refractivity contribution in [3.8, 4) is 17.8 Å². The third kappa shape index (κ3) is 5.02. The molecule has 0 saturated heterocycles. The molecule has 6 heteroatoms. The molecule has 1 aromatic carbocycles. The lowest BCUT2D eigenvalue weighted by Gasteiger charge is -2.22. The van der Waals surface area contributed by atoms with Gasteiger partial charge in [-0.2, -0.15) is 9.97 Å². The number of nitrogens with zero attached hydrogens (tertiary/aromatic N) is 2. The third-order valence-corrected chi connectivity index (χ3v) is 3.36. The largest absolute Gasteiger partial charge is 0.481 e. The first-order chi connectivity index (χ1) is 11.1. The van der Waals surface area contributed by atoms with Gasteiger partial charge in [-0.25, -0.2) is 0 Å². The van der Waals surface area contributed by atoms with Gasteiger partial charge in [0.2, 0.25) is 11.8 Å². The van der Waals surface area contributed by atoms with E-state index in [0.717, 1.165) is 5.69 Å². The topological polar surface area (TPSA) is 65.5 Å². The van der Waals surface area contributed by atoms with E-state index in [9.17, 15) is 0 Å². The molecule has 0 amide bonds. The highest BCUT2D eigenvalue weighted by Gasteiger charge is 2.18. The predicted molar refractivity (Wildman–Crippen MR) is 89.3 cm³/mol. The van der Waals surface area contributed by atoms with Crippen LogP contribution in [0.15, 0.2) is 36.4 Å². The Morgan fingerprint density at radius 3 is 2.13 bits per heavy atom. The zero-order valence-electron chi connectivity index (χ0n) is 13.9. The molecule has 6 nitrogen and oxygen atoms in total. The summed E-state index contributed by atoms with van der Waals surface area (Å²) in [6.07, 6.45) is -0.0907. The summed E-state index contributed by atoms with van der Waals surface area (Å²) in [6, 6.07) is 11.9. The molecule has 0 fully saturated rings. The van der Waals surface area contributed by atoms with Crippen LogP contribution in [0.3, 0.4) is 0 Å². The van der Waals surface area contributed by atoms with Gasteiger partial charge in [0.25, 0.3) is 0 Å². The van der Waals surface area contributed by atoms with Crippen molar-refractivity contribution in [3.05, 3.63) is 36.4 Å². The van der Waals surface area contributed by atoms with Gasteiger partial charge in [-0.1, -0.05) is 32.0 Å². The van der Waals surface area contributed by atoms with Gasteiger partial charge >= 0.3 is 6.01 Å². The number of methoxy groups -OCH3 is 2. The van der Waals surface area contributed by atoms with E-state index in [0.29, 0.717) is 18.3 Å². The molecule has 23 heavy (non-hydrogen) atoms. The summed E-state index contributed by atoms with van der Waals surface area (Å²) in [5.41, 5.74) is 1.05. The van der Waals surface area contributed by atoms with E-state index < -0.39 is 0 Å². The van der Waals surface area contributed by atoms with Crippen molar-refractivity contribution in [1.82, 2.24) is 9.97 Å². The molecule has 1 atom stereocenters. The molecule has 2 rings (SSSR count). The Bertz CT molecular complexity index is 583. The highest BCUT2D eigenvalue weighted by Crippen LogP contribution is 2.21. The summed E-state index contributed by atoms with van der Waals surface area (Å²) in [4.78, 5) is 8.43. The number of para-hydroxylation sites is 1. The number of ether oxygens (including phenoxy) is 3. The summed E-state index contributed by atoms with van der Waals surface area (Å²) >= 11 is 0. The molecule has 0 aliphatic rings. The van der Waals surface area contributed by atoms with E-state index in [1.807, 2.05) is 30.3 Å². The Hall–Kier alpha value is -2.50. The second-order valence-corrected chi connectivity index (χ2v) is 5.38. The number of nitrogens with one attached hydrogen (secondary N) is 1. The van der Waals surface area contributed by atoms with Crippen LogP contribution in [-0.4, -0.2) is 36.8 Å². The molecule has 1 N–H and O–H groups in total. The fourth-order valence-corrected chi connectivity index (χ4v) is 1.97. The number of rotatable bonds is 8. The fraction of sp³-hybridized carbons (Fsp3) is 0.412. The minimum absolute atomic E-state index is 0.0907. The lowest BCUT2D eigenvalue weighted by molar-refractivity contribution is 0.146. The molecule has 0 aliphatic heterocycles. The SMILES string of the molecule is COc1cc(OC)nc(OC(CNc2ccccc2)C(C)C)n1. The van der Waals surface area contributed by atoms with Gasteiger partial charge in [-0.15, -0.1) is 0 Å². The zero-order chi connectivity index (χ0) is 16.7. The second-order valence-electron chi connectivity index (χ2n) is 5.38. The Balaban J connectivity index is 2.07. The zero-order valence-corrected chi connectivity index (χ0v) is 13.9. The molecule has 0 aliphatic carbocycles. The predicted octanol–water partition coefficient (Wildman–Crippen LogP) is 3.01. The van der Waals surface area contributed by atoms with Crippen molar-refractivity contribution in [2.24, 2.45) is 5.92 Å². The van der Waals surface area contributed by atoms with Crippen molar-refractivity contribution in [3.63, 3.8) is 0 Å². The summed E-state index contributed by atoms with van der Waals surface area (Å²) in [6.45, 7) is 4.83. The van der Waals surface area contributed by atoms with Crippen molar-refractivity contribution in [1.29, 1.82) is 0 Å². The lowest BCUT2D eigenvalue weighted by Crippen LogP contribution is -2.32. The van der Waals surface area contributed by atoms with Crippen LogP contribution >= 0.6 is 0 Å². The second kappa shape index (κ2) is 8.22. The average molecular weight is 317 g/mol. The van der Waals surface area contributed by atoms with Gasteiger partial charge < -0.3 is 19.5 Å². The van der Waals surface area contributed by atoms with Gasteiger partial charge in [0.15, 0.2) is 0 Å². The van der Waals surface area contributed by atoms with Crippen LogP contribution in [0, 0.1) is 5.92 Å². The Labute approximate surface area is 136 Å². The van der Waals surface area contributed by atoms with Crippen LogP contribution in [0.1, 0.15) is 13.8 Å². The first-order valence-corrected chi connectivity index (χ1v) is 7.55. The summed E-state index contributed by atoms with van der Waals surface area (Å²) in [5, 5.41) is 3.36. The Kier molecular flexibility index (Phi) is 6.02. The van der Waals surface area contributed by atoms with Crippen LogP contribution in [0.5, 0.6) is 17.8 Å². The smallest absolute Gasteiger partial charge is 0.323 e. The molecule has 0 bridgehead atoms. The van der Waals surface area contributed by atoms with Crippen LogP contribution in [0.25, 0.3) is 0 Å². The standard InChI is InChI=1S/C17H23N3O3/c1-12(2)14(11-18-13-8-6-5-7-9-13)23-17-19-15(21-3)10-16(20-17)22-4/h5-10,12,14,18H,11H2,1-4H3. The van der Waals surface area contributed by atoms with Crippen LogP contribution < -0.4 is 19.5 Å². The van der Waals surface area contributed by atoms with E-state index in [1.165, 1.54) is 0 Å². The first kappa shape index (κ1) is 16.9. The molecule has 0 spiro atoms. The van der Waals surface area contributed by atoms with Gasteiger partial charge in [0.1, 0.15) is 6.10 Å². The Morgan fingerprint density at radius 1 is 1.00 bits per heavy atom. The molecule has 1 aromatic heterocycles. The first-order valence-electron chi connectivity index (χ1n) is 7.55. The summed E-state index contributed by atoms with van der Waals surface area (Å²) in [7, 11) is 3.09. The van der Waals surface area contributed by atoms with E-state index in [-0.39, 0.29) is 18.0 Å². The number of hydrogen-bond acceptors (Lipinski definition) is 6. The molecule has 0 saturated carbocycles. The molecular weight excluding hydrogens is 294 g/mol. The molecule has 1 unspecified atom stereocenters. The molecule has 124 valence electrons. The average Bonchev–Trinajstić information content (AvgIpc) is 2.58. The third-order valence-electron chi connectivity index (χ3n) is 3.36. The number of anilines is 1. The van der Waals surface area contributed by atoms with Crippen molar-refractivity contribution in [2.45, 2.75) is 20.0 Å². The maximum atomic E-state index is 5.94. The highest BCUT2D eigenvalue weighted by molar-refractivity contribution is 5.42. The molecule has 1 heterocycles. The van der Waals surface area contributed by atoms with E-state index >= 15 is 0 Å². The quantitative estimate of drug-likeness (QED) is 0.807. The van der Waals surface area contributed by atoms with Crippen molar-refractivity contribution < 1.29 is 14.2 Å². The van der Waals surface area contributed by atoms with Gasteiger partial charge in [-0.05, 0) is 18.1 Å². The highest BCUT2D eigenvalue weighted by atomic mass is 16.5. The molecule has 0 radical (unpaired) electrons. The summed E-state index contributed by atoms with van der Waals surface area (Å²) < 4.78 is 16.2. The lowest BCUT2D eigenvalue weighted by atomic mass is 10.1. The maximum Gasteiger partial charge on any atom is 0.323 e. The number of hydrogen-bond donors (Lipinski definition) is 1. The van der Waals surface area contributed by atoms with Crippen molar-refractivity contribution in [2.75, 3.05) is 26.1 Å². The normalized spacial score (nSPS) is 11.9. The van der Waals surface area contributed by atoms with E-state index in [1.54, 1.807) is 20.3 Å². The number of benzene rings is 1. The minimum Gasteiger partial charge on any atom is -0.481 e.